The highest BCUT2D eigenvalue weighted by molar-refractivity contribution is 5.89. The van der Waals surface area contributed by atoms with E-state index in [0.717, 1.165) is 64.2 Å². The molecule has 5 nitrogen and oxygen atoms in total. The summed E-state index contributed by atoms with van der Waals surface area (Å²) < 4.78 is 5.14. The monoisotopic (exact) mass is 354 g/mol. The van der Waals surface area contributed by atoms with Crippen LogP contribution in [0.1, 0.15) is 90.9 Å². The molecule has 5 heteroatoms. The fraction of sp³-hybridized carbons (Fsp3) is 0.750. The standard InChI is InChI=1S/C20H34O5/c1-3-12-19(25-17(2)21)16-15-18(22)13-10-8-6-4-5-7-9-11-14-20(23)24/h15-16,19H,3-14H2,1-2H3,(H,23,24)/b16-15+/t19-/m1/s1. The van der Waals surface area contributed by atoms with E-state index in [1.165, 1.54) is 6.92 Å². The van der Waals surface area contributed by atoms with Gasteiger partial charge in [-0.1, -0.05) is 51.9 Å². The maximum Gasteiger partial charge on any atom is 0.303 e. The Morgan fingerprint density at radius 2 is 1.44 bits per heavy atom. The summed E-state index contributed by atoms with van der Waals surface area (Å²) in [6.45, 7) is 3.39. The molecule has 144 valence electrons. The van der Waals surface area contributed by atoms with Gasteiger partial charge in [0, 0.05) is 19.8 Å². The quantitative estimate of drug-likeness (QED) is 0.244. The lowest BCUT2D eigenvalue weighted by molar-refractivity contribution is -0.144. The second-order valence-corrected chi connectivity index (χ2v) is 6.48. The number of aliphatic carboxylic acids is 1. The van der Waals surface area contributed by atoms with Crippen LogP contribution >= 0.6 is 0 Å². The van der Waals surface area contributed by atoms with Crippen LogP contribution in [0.4, 0.5) is 0 Å². The first-order valence-electron chi connectivity index (χ1n) is 9.55. The minimum Gasteiger partial charge on any atom is -0.481 e. The first-order chi connectivity index (χ1) is 12.0. The Hall–Kier alpha value is -1.65. The van der Waals surface area contributed by atoms with Crippen LogP contribution in [0.5, 0.6) is 0 Å². The topological polar surface area (TPSA) is 80.7 Å². The van der Waals surface area contributed by atoms with Crippen LogP contribution in [0, 0.1) is 0 Å². The van der Waals surface area contributed by atoms with E-state index in [-0.39, 0.29) is 24.3 Å². The number of ketones is 1. The lowest BCUT2D eigenvalue weighted by atomic mass is 10.0. The number of carboxylic acid groups (broad SMARTS) is 1. The fourth-order valence-corrected chi connectivity index (χ4v) is 2.63. The van der Waals surface area contributed by atoms with E-state index in [1.807, 2.05) is 6.92 Å². The van der Waals surface area contributed by atoms with Gasteiger partial charge in [-0.15, -0.1) is 0 Å². The molecule has 0 aromatic carbocycles. The minimum atomic E-state index is -0.715. The number of rotatable bonds is 16. The number of hydrogen-bond acceptors (Lipinski definition) is 4. The lowest BCUT2D eigenvalue weighted by Crippen LogP contribution is -2.13. The molecule has 0 heterocycles. The molecule has 0 aliphatic heterocycles. The summed E-state index contributed by atoms with van der Waals surface area (Å²) in [6.07, 6.45) is 13.5. The molecule has 0 unspecified atom stereocenters. The highest BCUT2D eigenvalue weighted by atomic mass is 16.5. The van der Waals surface area contributed by atoms with Crippen LogP contribution in [-0.4, -0.2) is 28.9 Å². The predicted octanol–water partition coefficient (Wildman–Crippen LogP) is 4.83. The van der Waals surface area contributed by atoms with Gasteiger partial charge in [-0.2, -0.15) is 0 Å². The molecule has 0 aromatic heterocycles. The van der Waals surface area contributed by atoms with Gasteiger partial charge in [0.15, 0.2) is 5.78 Å². The fourth-order valence-electron chi connectivity index (χ4n) is 2.63. The van der Waals surface area contributed by atoms with Gasteiger partial charge < -0.3 is 9.84 Å². The maximum atomic E-state index is 11.8. The Kier molecular flexibility index (Phi) is 14.8. The summed E-state index contributed by atoms with van der Waals surface area (Å²) in [4.78, 5) is 33.2. The summed E-state index contributed by atoms with van der Waals surface area (Å²) in [5.74, 6) is -0.951. The Morgan fingerprint density at radius 3 is 1.92 bits per heavy atom. The van der Waals surface area contributed by atoms with Gasteiger partial charge in [0.1, 0.15) is 6.10 Å². The van der Waals surface area contributed by atoms with Crippen molar-refractivity contribution >= 4 is 17.7 Å². The average Bonchev–Trinajstić information content (AvgIpc) is 2.53. The number of carbonyl (C=O) groups excluding carboxylic acids is 2. The predicted molar refractivity (Wildman–Crippen MR) is 98.4 cm³/mol. The number of allylic oxidation sites excluding steroid dienone is 1. The van der Waals surface area contributed by atoms with Crippen molar-refractivity contribution in [2.45, 2.75) is 97.0 Å². The number of unbranched alkanes of at least 4 members (excludes halogenated alkanes) is 7. The van der Waals surface area contributed by atoms with Crippen molar-refractivity contribution in [3.8, 4) is 0 Å². The van der Waals surface area contributed by atoms with E-state index in [2.05, 4.69) is 0 Å². The van der Waals surface area contributed by atoms with E-state index in [1.54, 1.807) is 12.2 Å². The van der Waals surface area contributed by atoms with Crippen LogP contribution < -0.4 is 0 Å². The Balaban J connectivity index is 3.64. The van der Waals surface area contributed by atoms with E-state index < -0.39 is 5.97 Å². The average molecular weight is 354 g/mol. The molecule has 0 radical (unpaired) electrons. The van der Waals surface area contributed by atoms with Crippen LogP contribution in [-0.2, 0) is 19.1 Å². The molecule has 0 bridgehead atoms. The maximum absolute atomic E-state index is 11.8. The van der Waals surface area contributed by atoms with E-state index in [9.17, 15) is 14.4 Å². The number of ether oxygens (including phenoxy) is 1. The highest BCUT2D eigenvalue weighted by Crippen LogP contribution is 2.11. The van der Waals surface area contributed by atoms with Crippen molar-refractivity contribution in [2.75, 3.05) is 0 Å². The van der Waals surface area contributed by atoms with Gasteiger partial charge in [-0.05, 0) is 31.4 Å². The zero-order valence-corrected chi connectivity index (χ0v) is 15.8. The summed E-state index contributed by atoms with van der Waals surface area (Å²) in [5, 5.41) is 8.54. The Bertz CT molecular complexity index is 414. The molecule has 1 N–H and O–H groups in total. The molecule has 0 saturated heterocycles. The molecule has 0 aliphatic carbocycles. The van der Waals surface area contributed by atoms with Crippen molar-refractivity contribution in [3.63, 3.8) is 0 Å². The van der Waals surface area contributed by atoms with Crippen molar-refractivity contribution in [3.05, 3.63) is 12.2 Å². The normalized spacial score (nSPS) is 12.2. The smallest absolute Gasteiger partial charge is 0.303 e. The molecular formula is C20H34O5. The minimum absolute atomic E-state index is 0.0851. The van der Waals surface area contributed by atoms with Crippen LogP contribution in [0.15, 0.2) is 12.2 Å². The largest absolute Gasteiger partial charge is 0.481 e. The number of carbonyl (C=O) groups is 3. The van der Waals surface area contributed by atoms with E-state index >= 15 is 0 Å². The first kappa shape index (κ1) is 23.4. The van der Waals surface area contributed by atoms with Crippen molar-refractivity contribution in [1.29, 1.82) is 0 Å². The van der Waals surface area contributed by atoms with Gasteiger partial charge in [-0.25, -0.2) is 0 Å². The number of esters is 1. The van der Waals surface area contributed by atoms with Crippen molar-refractivity contribution < 1.29 is 24.2 Å². The first-order valence-corrected chi connectivity index (χ1v) is 9.55. The molecular weight excluding hydrogens is 320 g/mol. The molecule has 1 atom stereocenters. The Labute approximate surface area is 151 Å². The van der Waals surface area contributed by atoms with Crippen LogP contribution in [0.3, 0.4) is 0 Å². The zero-order valence-electron chi connectivity index (χ0n) is 15.8. The van der Waals surface area contributed by atoms with E-state index in [4.69, 9.17) is 9.84 Å². The number of hydrogen-bond donors (Lipinski definition) is 1. The lowest BCUT2D eigenvalue weighted by Gasteiger charge is -2.11. The molecule has 25 heavy (non-hydrogen) atoms. The third kappa shape index (κ3) is 17.0. The van der Waals surface area contributed by atoms with Crippen molar-refractivity contribution in [1.82, 2.24) is 0 Å². The third-order valence-corrected chi connectivity index (χ3v) is 3.95. The van der Waals surface area contributed by atoms with Gasteiger partial charge in [0.25, 0.3) is 0 Å². The molecule has 0 aliphatic rings. The van der Waals surface area contributed by atoms with Crippen LogP contribution in [0.25, 0.3) is 0 Å². The van der Waals surface area contributed by atoms with Crippen molar-refractivity contribution in [2.24, 2.45) is 0 Å². The molecule has 0 fully saturated rings. The van der Waals surface area contributed by atoms with E-state index in [0.29, 0.717) is 6.42 Å². The molecule has 0 spiro atoms. The summed E-state index contributed by atoms with van der Waals surface area (Å²) in [5.41, 5.74) is 0. The summed E-state index contributed by atoms with van der Waals surface area (Å²) >= 11 is 0. The molecule has 0 rings (SSSR count). The van der Waals surface area contributed by atoms with Gasteiger partial charge in [0.2, 0.25) is 0 Å². The van der Waals surface area contributed by atoms with Gasteiger partial charge >= 0.3 is 11.9 Å². The molecule has 0 aromatic rings. The molecule has 0 amide bonds. The van der Waals surface area contributed by atoms with Gasteiger partial charge in [0.05, 0.1) is 0 Å². The van der Waals surface area contributed by atoms with Gasteiger partial charge in [-0.3, -0.25) is 14.4 Å². The highest BCUT2D eigenvalue weighted by Gasteiger charge is 2.07. The second kappa shape index (κ2) is 15.9. The summed E-state index contributed by atoms with van der Waals surface area (Å²) in [6, 6.07) is 0. The third-order valence-electron chi connectivity index (χ3n) is 3.95. The second-order valence-electron chi connectivity index (χ2n) is 6.48. The molecule has 0 saturated carbocycles. The van der Waals surface area contributed by atoms with Crippen LogP contribution in [0.2, 0.25) is 0 Å². The summed E-state index contributed by atoms with van der Waals surface area (Å²) in [7, 11) is 0. The zero-order chi connectivity index (χ0) is 18.9. The number of carboxylic acids is 1. The SMILES string of the molecule is CCC[C@H](/C=C/C(=O)CCCCCCCCCCC(=O)O)OC(C)=O. The Morgan fingerprint density at radius 1 is 0.920 bits per heavy atom.